The first-order valence-electron chi connectivity index (χ1n) is 11.0. The van der Waals surface area contributed by atoms with Crippen molar-refractivity contribution in [1.29, 1.82) is 0 Å². The van der Waals surface area contributed by atoms with Gasteiger partial charge in [-0.3, -0.25) is 14.4 Å². The summed E-state index contributed by atoms with van der Waals surface area (Å²) in [6.07, 6.45) is 8.26. The number of piperidine rings is 2. The Morgan fingerprint density at radius 2 is 1.74 bits per heavy atom. The zero-order valence-corrected chi connectivity index (χ0v) is 18.2. The second-order valence-electron chi connectivity index (χ2n) is 8.54. The molecular formula is C23H29N5O3. The highest BCUT2D eigenvalue weighted by atomic mass is 16.2. The predicted molar refractivity (Wildman–Crippen MR) is 116 cm³/mol. The lowest BCUT2D eigenvalue weighted by Crippen LogP contribution is -2.40. The molecule has 31 heavy (non-hydrogen) atoms. The van der Waals surface area contributed by atoms with Crippen LogP contribution in [0.3, 0.4) is 0 Å². The van der Waals surface area contributed by atoms with Gasteiger partial charge in [0.05, 0.1) is 16.8 Å². The first-order chi connectivity index (χ1) is 14.9. The molecule has 2 aromatic heterocycles. The average Bonchev–Trinajstić information content (AvgIpc) is 2.80. The molecule has 2 fully saturated rings. The molecule has 0 aromatic carbocycles. The number of rotatable bonds is 3. The van der Waals surface area contributed by atoms with E-state index in [2.05, 4.69) is 9.97 Å². The van der Waals surface area contributed by atoms with Crippen molar-refractivity contribution in [2.45, 2.75) is 44.9 Å². The molecule has 4 rings (SSSR count). The molecule has 164 valence electrons. The third-order valence-corrected chi connectivity index (χ3v) is 6.28. The molecule has 0 radical (unpaired) electrons. The molecule has 2 aromatic rings. The van der Waals surface area contributed by atoms with E-state index >= 15 is 0 Å². The van der Waals surface area contributed by atoms with Gasteiger partial charge >= 0.3 is 0 Å². The fourth-order valence-corrected chi connectivity index (χ4v) is 4.43. The quantitative estimate of drug-likeness (QED) is 0.755. The summed E-state index contributed by atoms with van der Waals surface area (Å²) in [6, 6.07) is 3.00. The van der Waals surface area contributed by atoms with Crippen LogP contribution >= 0.6 is 0 Å². The Balaban J connectivity index is 1.48. The van der Waals surface area contributed by atoms with E-state index in [9.17, 15) is 14.4 Å². The Bertz CT molecular complexity index is 1040. The second kappa shape index (κ2) is 8.99. The topological polar surface area (TPSA) is 88.4 Å². The van der Waals surface area contributed by atoms with E-state index in [4.69, 9.17) is 0 Å². The molecule has 8 heteroatoms. The molecule has 0 N–H and O–H groups in total. The van der Waals surface area contributed by atoms with Crippen molar-refractivity contribution >= 4 is 11.8 Å². The van der Waals surface area contributed by atoms with E-state index in [1.165, 1.54) is 17.1 Å². The summed E-state index contributed by atoms with van der Waals surface area (Å²) in [5.41, 5.74) is 1.63. The highest BCUT2D eigenvalue weighted by Gasteiger charge is 2.28. The molecule has 0 aliphatic carbocycles. The Morgan fingerprint density at radius 3 is 2.45 bits per heavy atom. The van der Waals surface area contributed by atoms with Gasteiger partial charge in [-0.25, -0.2) is 9.97 Å². The van der Waals surface area contributed by atoms with Gasteiger partial charge in [-0.15, -0.1) is 0 Å². The number of hydrogen-bond donors (Lipinski definition) is 0. The van der Waals surface area contributed by atoms with Gasteiger partial charge in [-0.2, -0.15) is 0 Å². The summed E-state index contributed by atoms with van der Waals surface area (Å²) >= 11 is 0. The molecule has 4 heterocycles. The van der Waals surface area contributed by atoms with Gasteiger partial charge in [0.1, 0.15) is 5.82 Å². The van der Waals surface area contributed by atoms with E-state index in [0.717, 1.165) is 38.8 Å². The number of nitrogens with zero attached hydrogens (tertiary/aromatic N) is 5. The molecule has 2 aliphatic rings. The van der Waals surface area contributed by atoms with Crippen LogP contribution in [0.5, 0.6) is 0 Å². The third kappa shape index (κ3) is 4.52. The Labute approximate surface area is 181 Å². The molecule has 2 saturated heterocycles. The van der Waals surface area contributed by atoms with E-state index in [1.54, 1.807) is 30.4 Å². The highest BCUT2D eigenvalue weighted by Crippen LogP contribution is 2.26. The van der Waals surface area contributed by atoms with Crippen LogP contribution in [-0.4, -0.2) is 62.3 Å². The third-order valence-electron chi connectivity index (χ3n) is 6.28. The van der Waals surface area contributed by atoms with Crippen LogP contribution in [0, 0.1) is 6.92 Å². The molecule has 2 amide bonds. The minimum Gasteiger partial charge on any atom is -0.339 e. The fraction of sp³-hybridized carbons (Fsp3) is 0.522. The van der Waals surface area contributed by atoms with Crippen molar-refractivity contribution in [3.63, 3.8) is 0 Å². The van der Waals surface area contributed by atoms with Gasteiger partial charge in [-0.1, -0.05) is 0 Å². The molecule has 1 unspecified atom stereocenters. The number of pyridine rings is 1. The number of carbonyl (C=O) groups excluding carboxylic acids is 2. The van der Waals surface area contributed by atoms with Crippen LogP contribution in [0.25, 0.3) is 0 Å². The Kier molecular flexibility index (Phi) is 6.15. The van der Waals surface area contributed by atoms with Crippen molar-refractivity contribution in [3.8, 4) is 0 Å². The zero-order valence-electron chi connectivity index (χ0n) is 18.2. The minimum absolute atomic E-state index is 0.0129. The number of carbonyl (C=O) groups is 2. The van der Waals surface area contributed by atoms with Crippen LogP contribution in [0.1, 0.15) is 70.3 Å². The van der Waals surface area contributed by atoms with Crippen LogP contribution in [-0.2, 0) is 7.05 Å². The lowest BCUT2D eigenvalue weighted by atomic mass is 9.96. The molecular weight excluding hydrogens is 394 g/mol. The summed E-state index contributed by atoms with van der Waals surface area (Å²) in [5.74, 6) is 0.640. The smallest absolute Gasteiger partial charge is 0.257 e. The van der Waals surface area contributed by atoms with Crippen molar-refractivity contribution in [2.75, 3.05) is 26.2 Å². The van der Waals surface area contributed by atoms with Gasteiger partial charge in [0, 0.05) is 57.6 Å². The maximum Gasteiger partial charge on any atom is 0.257 e. The van der Waals surface area contributed by atoms with Gasteiger partial charge in [0.15, 0.2) is 0 Å². The van der Waals surface area contributed by atoms with Crippen molar-refractivity contribution in [1.82, 2.24) is 24.3 Å². The lowest BCUT2D eigenvalue weighted by molar-refractivity contribution is 0.0703. The van der Waals surface area contributed by atoms with Crippen LogP contribution < -0.4 is 5.56 Å². The first kappa shape index (κ1) is 21.2. The monoisotopic (exact) mass is 423 g/mol. The molecule has 0 bridgehead atoms. The minimum atomic E-state index is -0.142. The van der Waals surface area contributed by atoms with E-state index in [0.29, 0.717) is 35.7 Å². The number of aryl methyl sites for hydroxylation is 2. The number of aromatic nitrogens is 3. The molecule has 2 aliphatic heterocycles. The number of likely N-dealkylation sites (tertiary alicyclic amines) is 2. The maximum atomic E-state index is 12.9. The summed E-state index contributed by atoms with van der Waals surface area (Å²) in [5, 5.41) is 0. The molecule has 0 saturated carbocycles. The average molecular weight is 424 g/mol. The van der Waals surface area contributed by atoms with Gasteiger partial charge < -0.3 is 14.4 Å². The standard InChI is InChI=1S/C23H29N5O3/c1-16-19(23(31)27-10-4-3-5-11-27)13-24-21(25-16)17-7-6-12-28(15-17)22(30)18-8-9-20(29)26(2)14-18/h8-9,13-14,17H,3-7,10-12,15H2,1-2H3. The SMILES string of the molecule is Cc1nc(C2CCCN(C(=O)c3ccc(=O)n(C)c3)C2)ncc1C(=O)N1CCCCC1. The van der Waals surface area contributed by atoms with E-state index < -0.39 is 0 Å². The molecule has 1 atom stereocenters. The van der Waals surface area contributed by atoms with Gasteiger partial charge in [0.2, 0.25) is 5.56 Å². The van der Waals surface area contributed by atoms with E-state index in [1.807, 2.05) is 11.8 Å². The maximum absolute atomic E-state index is 12.9. The van der Waals surface area contributed by atoms with Crippen molar-refractivity contribution in [3.05, 3.63) is 57.5 Å². The lowest BCUT2D eigenvalue weighted by Gasteiger charge is -2.32. The second-order valence-corrected chi connectivity index (χ2v) is 8.54. The number of amides is 2. The summed E-state index contributed by atoms with van der Waals surface area (Å²) < 4.78 is 1.42. The van der Waals surface area contributed by atoms with E-state index in [-0.39, 0.29) is 23.3 Å². The first-order valence-corrected chi connectivity index (χ1v) is 11.0. The van der Waals surface area contributed by atoms with Crippen LogP contribution in [0.2, 0.25) is 0 Å². The fourth-order valence-electron chi connectivity index (χ4n) is 4.43. The van der Waals surface area contributed by atoms with Gasteiger partial charge in [-0.05, 0) is 45.1 Å². The molecule has 8 nitrogen and oxygen atoms in total. The predicted octanol–water partition coefficient (Wildman–Crippen LogP) is 2.13. The van der Waals surface area contributed by atoms with Gasteiger partial charge in [0.25, 0.3) is 11.8 Å². The summed E-state index contributed by atoms with van der Waals surface area (Å²) in [6.45, 7) is 4.65. The Hall–Kier alpha value is -3.03. The normalized spacial score (nSPS) is 19.4. The summed E-state index contributed by atoms with van der Waals surface area (Å²) in [4.78, 5) is 50.3. The summed E-state index contributed by atoms with van der Waals surface area (Å²) in [7, 11) is 1.64. The molecule has 0 spiro atoms. The number of hydrogen-bond acceptors (Lipinski definition) is 5. The van der Waals surface area contributed by atoms with Crippen LogP contribution in [0.15, 0.2) is 29.3 Å². The van der Waals surface area contributed by atoms with Crippen LogP contribution in [0.4, 0.5) is 0 Å². The Morgan fingerprint density at radius 1 is 1.00 bits per heavy atom. The zero-order chi connectivity index (χ0) is 22.0. The largest absolute Gasteiger partial charge is 0.339 e. The van der Waals surface area contributed by atoms with Crippen molar-refractivity contribution in [2.24, 2.45) is 7.05 Å². The highest BCUT2D eigenvalue weighted by molar-refractivity contribution is 5.95. The van der Waals surface area contributed by atoms with Crippen molar-refractivity contribution < 1.29 is 9.59 Å².